The summed E-state index contributed by atoms with van der Waals surface area (Å²) in [5.41, 5.74) is -0.765. The Morgan fingerprint density at radius 2 is 2.24 bits per heavy atom. The second kappa shape index (κ2) is 6.12. The van der Waals surface area contributed by atoms with Gasteiger partial charge in [0.15, 0.2) is 0 Å². The predicted molar refractivity (Wildman–Crippen MR) is 70.8 cm³/mol. The minimum atomic E-state index is -2.94. The highest BCUT2D eigenvalue weighted by atomic mass is 32.2. The van der Waals surface area contributed by atoms with E-state index in [4.69, 9.17) is 13.7 Å². The molecule has 2 bridgehead atoms. The smallest absolute Gasteiger partial charge is 0.325 e. The molecule has 2 heterocycles. The van der Waals surface area contributed by atoms with Gasteiger partial charge < -0.3 is 14.8 Å². The van der Waals surface area contributed by atoms with Gasteiger partial charge in [0.05, 0.1) is 6.10 Å². The van der Waals surface area contributed by atoms with Gasteiger partial charge in [-0.25, -0.2) is 8.42 Å². The minimum Gasteiger partial charge on any atom is -0.458 e. The molecule has 2 saturated heterocycles. The summed E-state index contributed by atoms with van der Waals surface area (Å²) in [6.07, 6.45) is 0.319. The van der Waals surface area contributed by atoms with Crippen LogP contribution in [0.2, 0.25) is 0 Å². The fourth-order valence-electron chi connectivity index (χ4n) is 2.69. The zero-order valence-electron chi connectivity index (χ0n) is 11.4. The Balaban J connectivity index is 1.86. The van der Waals surface area contributed by atoms with E-state index in [1.54, 1.807) is 6.92 Å². The molecular formula is C12H17NO7S. The van der Waals surface area contributed by atoms with Crippen molar-refractivity contribution in [3.8, 4) is 0 Å². The molecule has 8 nitrogen and oxygen atoms in total. The van der Waals surface area contributed by atoms with E-state index in [2.05, 4.69) is 11.9 Å². The molecule has 1 N–H and O–H groups in total. The van der Waals surface area contributed by atoms with Crippen molar-refractivity contribution in [3.63, 3.8) is 0 Å². The molecule has 4 atom stereocenters. The standard InChI is InChI=1S/C12H17NO7S/c1-3-10(14)13-6-11(15)18-9-4-7-8(20-21(16)17)5-12(9,2)19-7/h3,7-9,21H,1,4-6H2,2H3,(H,13,14). The van der Waals surface area contributed by atoms with E-state index in [0.717, 1.165) is 6.08 Å². The lowest BCUT2D eigenvalue weighted by atomic mass is 9.85. The van der Waals surface area contributed by atoms with Gasteiger partial charge in [-0.1, -0.05) is 6.58 Å². The van der Waals surface area contributed by atoms with Crippen molar-refractivity contribution in [1.82, 2.24) is 5.32 Å². The molecule has 0 aromatic rings. The van der Waals surface area contributed by atoms with E-state index in [1.807, 2.05) is 0 Å². The maximum absolute atomic E-state index is 11.6. The van der Waals surface area contributed by atoms with Crippen molar-refractivity contribution < 1.29 is 31.7 Å². The lowest BCUT2D eigenvalue weighted by molar-refractivity contribution is -0.156. The minimum absolute atomic E-state index is 0.256. The van der Waals surface area contributed by atoms with Crippen LogP contribution in [-0.2, 0) is 34.2 Å². The summed E-state index contributed by atoms with van der Waals surface area (Å²) in [7, 11) is -2.94. The largest absolute Gasteiger partial charge is 0.458 e. The Morgan fingerprint density at radius 3 is 2.76 bits per heavy atom. The van der Waals surface area contributed by atoms with Gasteiger partial charge >= 0.3 is 5.97 Å². The van der Waals surface area contributed by atoms with Crippen LogP contribution in [-0.4, -0.2) is 50.8 Å². The van der Waals surface area contributed by atoms with Crippen molar-refractivity contribution in [3.05, 3.63) is 12.7 Å². The van der Waals surface area contributed by atoms with Crippen LogP contribution in [0.1, 0.15) is 19.8 Å². The molecule has 118 valence electrons. The third-order valence-corrected chi connectivity index (χ3v) is 4.10. The number of amides is 1. The van der Waals surface area contributed by atoms with Crippen molar-refractivity contribution in [2.45, 2.75) is 43.7 Å². The lowest BCUT2D eigenvalue weighted by Crippen LogP contribution is -2.44. The van der Waals surface area contributed by atoms with E-state index in [1.165, 1.54) is 0 Å². The predicted octanol–water partition coefficient (Wildman–Crippen LogP) is -0.937. The number of carbonyl (C=O) groups excluding carboxylic acids is 2. The van der Waals surface area contributed by atoms with Gasteiger partial charge in [0.1, 0.15) is 24.4 Å². The van der Waals surface area contributed by atoms with E-state index in [-0.39, 0.29) is 6.54 Å². The highest BCUT2D eigenvalue weighted by molar-refractivity contribution is 7.67. The van der Waals surface area contributed by atoms with Crippen LogP contribution in [0.15, 0.2) is 12.7 Å². The molecule has 0 aliphatic carbocycles. The topological polar surface area (TPSA) is 108 Å². The Morgan fingerprint density at radius 1 is 1.52 bits per heavy atom. The second-order valence-corrected chi connectivity index (χ2v) is 5.83. The van der Waals surface area contributed by atoms with Gasteiger partial charge in [-0.15, -0.1) is 0 Å². The van der Waals surface area contributed by atoms with Gasteiger partial charge in [0, 0.05) is 12.8 Å². The SMILES string of the molecule is C=CC(=O)NCC(=O)OC1CC2OC1(C)CC2O[SH](=O)=O. The maximum Gasteiger partial charge on any atom is 0.325 e. The highest BCUT2D eigenvalue weighted by Crippen LogP contribution is 2.46. The number of rotatable bonds is 6. The molecule has 4 unspecified atom stereocenters. The number of hydrogen-bond donors (Lipinski definition) is 2. The number of thiol groups is 1. The Hall–Kier alpha value is -1.45. The first-order valence-electron chi connectivity index (χ1n) is 6.43. The van der Waals surface area contributed by atoms with Gasteiger partial charge in [-0.3, -0.25) is 13.8 Å². The van der Waals surface area contributed by atoms with Gasteiger partial charge in [0.2, 0.25) is 5.91 Å². The summed E-state index contributed by atoms with van der Waals surface area (Å²) in [6, 6.07) is 0. The van der Waals surface area contributed by atoms with Crippen LogP contribution < -0.4 is 5.32 Å². The molecule has 0 saturated carbocycles. The summed E-state index contributed by atoms with van der Waals surface area (Å²) in [5, 5.41) is 2.32. The fraction of sp³-hybridized carbons (Fsp3) is 0.667. The average Bonchev–Trinajstić information content (AvgIpc) is 2.87. The maximum atomic E-state index is 11.6. The molecule has 2 aliphatic rings. The first kappa shape index (κ1) is 15.9. The first-order chi connectivity index (χ1) is 9.84. The van der Waals surface area contributed by atoms with E-state index >= 15 is 0 Å². The zero-order chi connectivity index (χ0) is 15.6. The molecule has 1 amide bonds. The molecule has 2 fully saturated rings. The summed E-state index contributed by atoms with van der Waals surface area (Å²) in [6.45, 7) is 4.76. The summed E-state index contributed by atoms with van der Waals surface area (Å²) in [5.74, 6) is -1.05. The number of hydrogen-bond acceptors (Lipinski definition) is 7. The molecule has 21 heavy (non-hydrogen) atoms. The Bertz CT molecular complexity index is 524. The summed E-state index contributed by atoms with van der Waals surface area (Å²) >= 11 is 0. The molecule has 2 aliphatic heterocycles. The zero-order valence-corrected chi connectivity index (χ0v) is 12.3. The summed E-state index contributed by atoms with van der Waals surface area (Å²) < 4.78 is 36.9. The summed E-state index contributed by atoms with van der Waals surface area (Å²) in [4.78, 5) is 22.6. The van der Waals surface area contributed by atoms with Crippen LogP contribution in [0.4, 0.5) is 0 Å². The monoisotopic (exact) mass is 319 g/mol. The number of ether oxygens (including phenoxy) is 2. The third kappa shape index (κ3) is 3.60. The van der Waals surface area contributed by atoms with Crippen LogP contribution in [0, 0.1) is 0 Å². The molecule has 9 heteroatoms. The van der Waals surface area contributed by atoms with E-state index < -0.39 is 46.8 Å². The van der Waals surface area contributed by atoms with Crippen molar-refractivity contribution in [2.24, 2.45) is 0 Å². The Kier molecular flexibility index (Phi) is 4.64. The van der Waals surface area contributed by atoms with Gasteiger partial charge in [-0.05, 0) is 13.0 Å². The second-order valence-electron chi connectivity index (χ2n) is 5.18. The lowest BCUT2D eigenvalue weighted by Gasteiger charge is -2.30. The molecule has 0 radical (unpaired) electrons. The Labute approximate surface area is 123 Å². The van der Waals surface area contributed by atoms with Crippen molar-refractivity contribution >= 4 is 22.9 Å². The highest BCUT2D eigenvalue weighted by Gasteiger charge is 2.58. The molecule has 0 spiro atoms. The van der Waals surface area contributed by atoms with Gasteiger partial charge in [0.25, 0.3) is 11.0 Å². The van der Waals surface area contributed by atoms with Crippen LogP contribution >= 0.6 is 0 Å². The van der Waals surface area contributed by atoms with E-state index in [9.17, 15) is 18.0 Å². The average molecular weight is 319 g/mol. The first-order valence-corrected chi connectivity index (χ1v) is 7.52. The molecular weight excluding hydrogens is 302 g/mol. The number of nitrogens with one attached hydrogen (secondary N) is 1. The normalized spacial score (nSPS) is 33.9. The number of fused-ring (bicyclic) bond motifs is 2. The van der Waals surface area contributed by atoms with Crippen molar-refractivity contribution in [1.29, 1.82) is 0 Å². The quantitative estimate of drug-likeness (QED) is 0.370. The van der Waals surface area contributed by atoms with Gasteiger partial charge in [-0.2, -0.15) is 0 Å². The van der Waals surface area contributed by atoms with Crippen LogP contribution in [0.5, 0.6) is 0 Å². The fourth-order valence-corrected chi connectivity index (χ4v) is 3.12. The number of carbonyl (C=O) groups is 2. The molecule has 2 rings (SSSR count). The number of esters is 1. The molecule has 0 aromatic carbocycles. The third-order valence-electron chi connectivity index (χ3n) is 3.66. The van der Waals surface area contributed by atoms with E-state index in [0.29, 0.717) is 12.8 Å². The van der Waals surface area contributed by atoms with Crippen molar-refractivity contribution in [2.75, 3.05) is 6.54 Å². The van der Waals surface area contributed by atoms with Crippen LogP contribution in [0.3, 0.4) is 0 Å². The molecule has 0 aromatic heterocycles. The van der Waals surface area contributed by atoms with Crippen LogP contribution in [0.25, 0.3) is 0 Å².